The van der Waals surface area contributed by atoms with E-state index in [9.17, 15) is 5.11 Å². The predicted molar refractivity (Wildman–Crippen MR) is 153 cm³/mol. The summed E-state index contributed by atoms with van der Waals surface area (Å²) >= 11 is 1.57. The molecule has 0 aliphatic carbocycles. The Morgan fingerprint density at radius 2 is 1.05 bits per heavy atom. The van der Waals surface area contributed by atoms with E-state index in [1.807, 2.05) is 121 Å². The minimum atomic E-state index is -0.933. The van der Waals surface area contributed by atoms with E-state index in [1.165, 1.54) is 0 Å². The van der Waals surface area contributed by atoms with Crippen molar-refractivity contribution in [3.8, 4) is 0 Å². The number of aliphatic hydroxyl groups excluding tert-OH is 1. The van der Waals surface area contributed by atoms with Crippen LogP contribution in [0.5, 0.6) is 0 Å². The van der Waals surface area contributed by atoms with Gasteiger partial charge in [0.15, 0.2) is 0 Å². The topological polar surface area (TPSA) is 57.2 Å². The zero-order valence-electron chi connectivity index (χ0n) is 21.8. The van der Waals surface area contributed by atoms with Crippen LogP contribution >= 0.6 is 11.8 Å². The highest BCUT2D eigenvalue weighted by atomic mass is 32.2. The Bertz CT molecular complexity index is 1230. The van der Waals surface area contributed by atoms with Crippen LogP contribution in [-0.4, -0.2) is 41.6 Å². The molecule has 0 spiro atoms. The minimum absolute atomic E-state index is 0.235. The van der Waals surface area contributed by atoms with Gasteiger partial charge in [-0.25, -0.2) is 0 Å². The highest BCUT2D eigenvalue weighted by Crippen LogP contribution is 2.37. The van der Waals surface area contributed by atoms with Crippen LogP contribution in [-0.2, 0) is 38.8 Å². The number of rotatable bonds is 12. The lowest BCUT2D eigenvalue weighted by Gasteiger charge is -2.44. The van der Waals surface area contributed by atoms with Gasteiger partial charge in [-0.1, -0.05) is 121 Å². The van der Waals surface area contributed by atoms with E-state index >= 15 is 0 Å². The second-order valence-corrected chi connectivity index (χ2v) is 10.7. The van der Waals surface area contributed by atoms with Crippen LogP contribution in [0.3, 0.4) is 0 Å². The lowest BCUT2D eigenvalue weighted by atomic mass is 9.99. The largest absolute Gasteiger partial charge is 0.387 e. The van der Waals surface area contributed by atoms with Gasteiger partial charge in [-0.05, 0) is 28.8 Å². The van der Waals surface area contributed by atoms with Crippen molar-refractivity contribution in [1.29, 1.82) is 0 Å². The van der Waals surface area contributed by atoms with Crippen molar-refractivity contribution in [2.45, 2.75) is 54.6 Å². The second-order valence-electron chi connectivity index (χ2n) is 9.49. The van der Waals surface area contributed by atoms with Gasteiger partial charge in [0.25, 0.3) is 0 Å². The van der Waals surface area contributed by atoms with Gasteiger partial charge in [0.1, 0.15) is 29.9 Å². The van der Waals surface area contributed by atoms with Crippen molar-refractivity contribution in [2.75, 3.05) is 6.61 Å². The number of hydrogen-bond acceptors (Lipinski definition) is 6. The van der Waals surface area contributed by atoms with Crippen LogP contribution in [0, 0.1) is 0 Å². The summed E-state index contributed by atoms with van der Waals surface area (Å²) < 4.78 is 25.4. The summed E-state index contributed by atoms with van der Waals surface area (Å²) in [5.74, 6) is 0. The quantitative estimate of drug-likeness (QED) is 0.228. The summed E-state index contributed by atoms with van der Waals surface area (Å²) in [4.78, 5) is 1.05. The summed E-state index contributed by atoms with van der Waals surface area (Å²) in [7, 11) is 0. The molecule has 0 aromatic heterocycles. The molecule has 5 nitrogen and oxygen atoms in total. The smallest absolute Gasteiger partial charge is 0.137 e. The molecule has 39 heavy (non-hydrogen) atoms. The van der Waals surface area contributed by atoms with Crippen LogP contribution in [0.2, 0.25) is 0 Å². The molecule has 1 aliphatic rings. The Labute approximate surface area is 234 Å². The average molecular weight is 543 g/mol. The van der Waals surface area contributed by atoms with E-state index in [1.54, 1.807) is 11.8 Å². The molecular weight excluding hydrogens is 508 g/mol. The number of benzene rings is 4. The van der Waals surface area contributed by atoms with Crippen molar-refractivity contribution in [3.63, 3.8) is 0 Å². The first kappa shape index (κ1) is 27.6. The van der Waals surface area contributed by atoms with Gasteiger partial charge in [0, 0.05) is 4.90 Å². The SMILES string of the molecule is O[C@H]1[C@H](OCc2ccccc2)[C@@H](OCc2ccccc2)[C@H](Sc2ccccc2)O[C@@H]1COCc1ccccc1. The van der Waals surface area contributed by atoms with Crippen molar-refractivity contribution >= 4 is 11.8 Å². The third-order valence-electron chi connectivity index (χ3n) is 6.58. The van der Waals surface area contributed by atoms with Crippen molar-refractivity contribution in [2.24, 2.45) is 0 Å². The van der Waals surface area contributed by atoms with Gasteiger partial charge in [-0.15, -0.1) is 0 Å². The monoisotopic (exact) mass is 542 g/mol. The Morgan fingerprint density at radius 1 is 0.590 bits per heavy atom. The third-order valence-corrected chi connectivity index (χ3v) is 7.73. The number of ether oxygens (including phenoxy) is 4. The van der Waals surface area contributed by atoms with Crippen molar-refractivity contribution in [1.82, 2.24) is 0 Å². The molecule has 1 aliphatic heterocycles. The van der Waals surface area contributed by atoms with E-state index in [0.717, 1.165) is 21.6 Å². The fraction of sp³-hybridized carbons (Fsp3) is 0.273. The molecule has 1 saturated heterocycles. The van der Waals surface area contributed by atoms with Crippen LogP contribution in [0.25, 0.3) is 0 Å². The van der Waals surface area contributed by atoms with Crippen LogP contribution in [0.1, 0.15) is 16.7 Å². The maximum absolute atomic E-state index is 11.5. The zero-order valence-corrected chi connectivity index (χ0v) is 22.6. The lowest BCUT2D eigenvalue weighted by molar-refractivity contribution is -0.240. The van der Waals surface area contributed by atoms with Gasteiger partial charge in [0.05, 0.1) is 26.4 Å². The normalized spacial score (nSPS) is 22.9. The maximum Gasteiger partial charge on any atom is 0.137 e. The fourth-order valence-electron chi connectivity index (χ4n) is 4.52. The molecule has 6 heteroatoms. The van der Waals surface area contributed by atoms with Crippen LogP contribution in [0.15, 0.2) is 126 Å². The van der Waals surface area contributed by atoms with E-state index < -0.39 is 29.9 Å². The number of thioether (sulfide) groups is 1. The Kier molecular flexibility index (Phi) is 10.2. The van der Waals surface area contributed by atoms with Gasteiger partial charge in [-0.3, -0.25) is 0 Å². The molecule has 4 aromatic rings. The lowest BCUT2D eigenvalue weighted by Crippen LogP contribution is -2.59. The second kappa shape index (κ2) is 14.4. The molecule has 5 rings (SSSR count). The van der Waals surface area contributed by atoms with E-state index in [2.05, 4.69) is 0 Å². The molecule has 5 atom stereocenters. The molecular formula is C33H34O5S. The molecule has 0 bridgehead atoms. The van der Waals surface area contributed by atoms with Gasteiger partial charge in [-0.2, -0.15) is 0 Å². The van der Waals surface area contributed by atoms with E-state index in [-0.39, 0.29) is 6.61 Å². The van der Waals surface area contributed by atoms with E-state index in [4.69, 9.17) is 18.9 Å². The standard InChI is InChI=1S/C33H34O5S/c34-30-29(24-35-21-25-13-5-1-6-14-25)38-33(39-28-19-11-4-12-20-28)32(37-23-27-17-9-3-10-18-27)31(30)36-22-26-15-7-2-8-16-26/h1-20,29-34H,21-24H2/t29-,30-,31+,32-,33+/m1/s1. The predicted octanol–water partition coefficient (Wildman–Crippen LogP) is 6.25. The molecule has 4 aromatic carbocycles. The molecule has 0 radical (unpaired) electrons. The molecule has 1 fully saturated rings. The number of hydrogen-bond donors (Lipinski definition) is 1. The summed E-state index contributed by atoms with van der Waals surface area (Å²) in [6, 6.07) is 40.1. The van der Waals surface area contributed by atoms with Gasteiger partial charge >= 0.3 is 0 Å². The Morgan fingerprint density at radius 3 is 1.59 bits per heavy atom. The van der Waals surface area contributed by atoms with Crippen LogP contribution in [0.4, 0.5) is 0 Å². The first-order valence-corrected chi connectivity index (χ1v) is 14.1. The third kappa shape index (κ3) is 8.02. The molecule has 1 heterocycles. The van der Waals surface area contributed by atoms with Gasteiger partial charge < -0.3 is 24.1 Å². The highest BCUT2D eigenvalue weighted by Gasteiger charge is 2.47. The van der Waals surface area contributed by atoms with Gasteiger partial charge in [0.2, 0.25) is 0 Å². The van der Waals surface area contributed by atoms with E-state index in [0.29, 0.717) is 19.8 Å². The van der Waals surface area contributed by atoms with Crippen molar-refractivity contribution < 1.29 is 24.1 Å². The average Bonchev–Trinajstić information content (AvgIpc) is 2.99. The Hall–Kier alpha value is -2.97. The Balaban J connectivity index is 1.36. The number of aliphatic hydroxyl groups is 1. The maximum atomic E-state index is 11.5. The highest BCUT2D eigenvalue weighted by molar-refractivity contribution is 7.99. The minimum Gasteiger partial charge on any atom is -0.387 e. The summed E-state index contributed by atoms with van der Waals surface area (Å²) in [5.41, 5.74) is 2.73. The first-order valence-electron chi connectivity index (χ1n) is 13.2. The first-order chi connectivity index (χ1) is 19.3. The molecule has 202 valence electrons. The molecule has 0 saturated carbocycles. The summed E-state index contributed by atoms with van der Waals surface area (Å²) in [6.07, 6.45) is -2.64. The molecule has 1 N–H and O–H groups in total. The zero-order chi connectivity index (χ0) is 26.7. The molecule has 0 unspecified atom stereocenters. The fourth-order valence-corrected chi connectivity index (χ4v) is 5.67. The summed E-state index contributed by atoms with van der Waals surface area (Å²) in [6.45, 7) is 1.41. The van der Waals surface area contributed by atoms with Crippen molar-refractivity contribution in [3.05, 3.63) is 138 Å². The molecule has 0 amide bonds. The summed E-state index contributed by atoms with van der Waals surface area (Å²) in [5, 5.41) is 11.5. The van der Waals surface area contributed by atoms with Crippen LogP contribution < -0.4 is 0 Å².